The van der Waals surface area contributed by atoms with Crippen LogP contribution in [0.2, 0.25) is 0 Å². The van der Waals surface area contributed by atoms with Crippen LogP contribution in [0.1, 0.15) is 13.8 Å². The maximum Gasteiger partial charge on any atom is 0.328 e. The first-order valence-corrected chi connectivity index (χ1v) is 7.71. The molecular formula is C18H22N2O4. The lowest BCUT2D eigenvalue weighted by atomic mass is 10.1. The van der Waals surface area contributed by atoms with Crippen LogP contribution in [0.15, 0.2) is 36.5 Å². The first-order chi connectivity index (χ1) is 11.6. The molecule has 6 nitrogen and oxygen atoms in total. The Morgan fingerprint density at radius 3 is 2.33 bits per heavy atom. The number of anilines is 1. The van der Waals surface area contributed by atoms with Crippen molar-refractivity contribution in [2.45, 2.75) is 19.9 Å². The van der Waals surface area contributed by atoms with Crippen LogP contribution in [0.5, 0.6) is 11.5 Å². The fourth-order valence-electron chi connectivity index (χ4n) is 2.31. The summed E-state index contributed by atoms with van der Waals surface area (Å²) in [5.74, 6) is 1.69. The lowest BCUT2D eigenvalue weighted by Gasteiger charge is -2.15. The molecule has 128 valence electrons. The lowest BCUT2D eigenvalue weighted by Crippen LogP contribution is -2.28. The Kier molecular flexibility index (Phi) is 6.01. The SMILES string of the molecule is CCOC(=O)[C@H](C)Nc1ccc(-c2c(OC)cccc2OC)cn1. The van der Waals surface area contributed by atoms with E-state index in [0.29, 0.717) is 23.9 Å². The van der Waals surface area contributed by atoms with Gasteiger partial charge in [-0.3, -0.25) is 0 Å². The van der Waals surface area contributed by atoms with Gasteiger partial charge in [0, 0.05) is 11.8 Å². The molecule has 0 saturated heterocycles. The summed E-state index contributed by atoms with van der Waals surface area (Å²) < 4.78 is 15.8. The molecule has 1 aromatic heterocycles. The van der Waals surface area contributed by atoms with Crippen molar-refractivity contribution in [1.82, 2.24) is 4.98 Å². The molecule has 2 rings (SSSR count). The summed E-state index contributed by atoms with van der Waals surface area (Å²) in [5.41, 5.74) is 1.69. The molecular weight excluding hydrogens is 308 g/mol. The summed E-state index contributed by atoms with van der Waals surface area (Å²) in [6.07, 6.45) is 1.71. The molecule has 0 aliphatic carbocycles. The van der Waals surface area contributed by atoms with Crippen LogP contribution < -0.4 is 14.8 Å². The van der Waals surface area contributed by atoms with Crippen molar-refractivity contribution >= 4 is 11.8 Å². The molecule has 0 aliphatic heterocycles. The molecule has 0 radical (unpaired) electrons. The number of carbonyl (C=O) groups is 1. The molecule has 0 saturated carbocycles. The zero-order chi connectivity index (χ0) is 17.5. The lowest BCUT2D eigenvalue weighted by molar-refractivity contribution is -0.143. The fraction of sp³-hybridized carbons (Fsp3) is 0.333. The number of nitrogens with zero attached hydrogens (tertiary/aromatic N) is 1. The number of nitrogens with one attached hydrogen (secondary N) is 1. The van der Waals surface area contributed by atoms with Gasteiger partial charge in [-0.2, -0.15) is 0 Å². The van der Waals surface area contributed by atoms with Crippen molar-refractivity contribution in [3.05, 3.63) is 36.5 Å². The summed E-state index contributed by atoms with van der Waals surface area (Å²) in [6.45, 7) is 3.86. The maximum absolute atomic E-state index is 11.7. The minimum absolute atomic E-state index is 0.310. The number of methoxy groups -OCH3 is 2. The first-order valence-electron chi connectivity index (χ1n) is 7.71. The number of esters is 1. The van der Waals surface area contributed by atoms with Gasteiger partial charge in [0.15, 0.2) is 0 Å². The van der Waals surface area contributed by atoms with E-state index in [9.17, 15) is 4.79 Å². The van der Waals surface area contributed by atoms with Gasteiger partial charge in [0.05, 0.1) is 26.4 Å². The average molecular weight is 330 g/mol. The van der Waals surface area contributed by atoms with E-state index in [-0.39, 0.29) is 5.97 Å². The van der Waals surface area contributed by atoms with Crippen molar-refractivity contribution in [2.24, 2.45) is 0 Å². The maximum atomic E-state index is 11.7. The number of ether oxygens (including phenoxy) is 3. The molecule has 0 unspecified atom stereocenters. The number of pyridine rings is 1. The summed E-state index contributed by atoms with van der Waals surface area (Å²) in [7, 11) is 3.23. The van der Waals surface area contributed by atoms with Crippen molar-refractivity contribution in [1.29, 1.82) is 0 Å². The Bertz CT molecular complexity index is 664. The summed E-state index contributed by atoms with van der Waals surface area (Å²) in [5, 5.41) is 3.01. The van der Waals surface area contributed by atoms with Gasteiger partial charge < -0.3 is 19.5 Å². The Morgan fingerprint density at radius 1 is 1.17 bits per heavy atom. The standard InChI is InChI=1S/C18H22N2O4/c1-5-24-18(21)12(2)20-16-10-9-13(11-19-16)17-14(22-3)7-6-8-15(17)23-4/h6-12H,5H2,1-4H3,(H,19,20)/t12-/m0/s1. The number of benzene rings is 1. The zero-order valence-electron chi connectivity index (χ0n) is 14.3. The second-order valence-corrected chi connectivity index (χ2v) is 5.09. The van der Waals surface area contributed by atoms with Crippen molar-refractivity contribution in [3.8, 4) is 22.6 Å². The normalized spacial score (nSPS) is 11.5. The second kappa shape index (κ2) is 8.19. The highest BCUT2D eigenvalue weighted by atomic mass is 16.5. The number of rotatable bonds is 7. The number of hydrogen-bond acceptors (Lipinski definition) is 6. The largest absolute Gasteiger partial charge is 0.496 e. The van der Waals surface area contributed by atoms with Gasteiger partial charge in [-0.25, -0.2) is 9.78 Å². The molecule has 0 spiro atoms. The molecule has 1 aromatic carbocycles. The predicted octanol–water partition coefficient (Wildman–Crippen LogP) is 3.13. The van der Waals surface area contributed by atoms with E-state index < -0.39 is 6.04 Å². The van der Waals surface area contributed by atoms with Crippen LogP contribution in [0.3, 0.4) is 0 Å². The molecule has 2 aromatic rings. The third kappa shape index (κ3) is 3.95. The van der Waals surface area contributed by atoms with Gasteiger partial charge in [0.2, 0.25) is 0 Å². The average Bonchev–Trinajstić information content (AvgIpc) is 2.61. The monoisotopic (exact) mass is 330 g/mol. The summed E-state index contributed by atoms with van der Waals surface area (Å²) in [4.78, 5) is 16.0. The molecule has 0 amide bonds. The Hall–Kier alpha value is -2.76. The number of carbonyl (C=O) groups excluding carboxylic acids is 1. The van der Waals surface area contributed by atoms with E-state index in [0.717, 1.165) is 11.1 Å². The Balaban J connectivity index is 2.23. The third-order valence-corrected chi connectivity index (χ3v) is 3.48. The van der Waals surface area contributed by atoms with E-state index in [4.69, 9.17) is 14.2 Å². The first kappa shape index (κ1) is 17.6. The second-order valence-electron chi connectivity index (χ2n) is 5.09. The summed E-state index contributed by atoms with van der Waals surface area (Å²) in [6, 6.07) is 8.83. The smallest absolute Gasteiger partial charge is 0.328 e. The van der Waals surface area contributed by atoms with Crippen LogP contribution in [0.25, 0.3) is 11.1 Å². The topological polar surface area (TPSA) is 69.7 Å². The van der Waals surface area contributed by atoms with E-state index >= 15 is 0 Å². The number of hydrogen-bond donors (Lipinski definition) is 1. The highest BCUT2D eigenvalue weighted by Crippen LogP contribution is 2.37. The Labute approximate surface area is 141 Å². The molecule has 1 atom stereocenters. The van der Waals surface area contributed by atoms with Crippen LogP contribution in [0, 0.1) is 0 Å². The van der Waals surface area contributed by atoms with Crippen LogP contribution in [-0.4, -0.2) is 37.8 Å². The van der Waals surface area contributed by atoms with Gasteiger partial charge >= 0.3 is 5.97 Å². The van der Waals surface area contributed by atoms with Crippen molar-refractivity contribution in [3.63, 3.8) is 0 Å². The molecule has 1 N–H and O–H groups in total. The quantitative estimate of drug-likeness (QED) is 0.787. The third-order valence-electron chi connectivity index (χ3n) is 3.48. The molecule has 6 heteroatoms. The van der Waals surface area contributed by atoms with Crippen LogP contribution >= 0.6 is 0 Å². The minimum Gasteiger partial charge on any atom is -0.496 e. The molecule has 0 aliphatic rings. The van der Waals surface area contributed by atoms with Gasteiger partial charge in [-0.1, -0.05) is 6.07 Å². The van der Waals surface area contributed by atoms with E-state index in [2.05, 4.69) is 10.3 Å². The van der Waals surface area contributed by atoms with Crippen LogP contribution in [-0.2, 0) is 9.53 Å². The minimum atomic E-state index is -0.468. The van der Waals surface area contributed by atoms with Gasteiger partial charge in [0.25, 0.3) is 0 Å². The van der Waals surface area contributed by atoms with Gasteiger partial charge in [0.1, 0.15) is 23.4 Å². The van der Waals surface area contributed by atoms with Crippen LogP contribution in [0.4, 0.5) is 5.82 Å². The molecule has 0 bridgehead atoms. The Morgan fingerprint density at radius 2 is 1.83 bits per heavy atom. The van der Waals surface area contributed by atoms with Crippen molar-refractivity contribution in [2.75, 3.05) is 26.1 Å². The van der Waals surface area contributed by atoms with E-state index in [1.807, 2.05) is 24.3 Å². The highest BCUT2D eigenvalue weighted by Gasteiger charge is 2.15. The fourth-order valence-corrected chi connectivity index (χ4v) is 2.31. The molecule has 1 heterocycles. The zero-order valence-corrected chi connectivity index (χ0v) is 14.3. The van der Waals surface area contributed by atoms with Crippen molar-refractivity contribution < 1.29 is 19.0 Å². The van der Waals surface area contributed by atoms with Gasteiger partial charge in [-0.05, 0) is 38.1 Å². The van der Waals surface area contributed by atoms with E-state index in [1.54, 1.807) is 40.3 Å². The van der Waals surface area contributed by atoms with Gasteiger partial charge in [-0.15, -0.1) is 0 Å². The number of aromatic nitrogens is 1. The molecule has 24 heavy (non-hydrogen) atoms. The predicted molar refractivity (Wildman–Crippen MR) is 92.5 cm³/mol. The highest BCUT2D eigenvalue weighted by molar-refractivity contribution is 5.79. The van der Waals surface area contributed by atoms with E-state index in [1.165, 1.54) is 0 Å². The summed E-state index contributed by atoms with van der Waals surface area (Å²) >= 11 is 0. The molecule has 0 fully saturated rings.